The predicted molar refractivity (Wildman–Crippen MR) is 97.2 cm³/mol. The minimum Gasteiger partial charge on any atom is -0.507 e. The minimum atomic E-state index is -2.29. The zero-order valence-corrected chi connectivity index (χ0v) is 14.8. The van der Waals surface area contributed by atoms with Gasteiger partial charge in [-0.3, -0.25) is 0 Å². The second kappa shape index (κ2) is 9.53. The number of hydrogen-bond donors (Lipinski definition) is 0. The van der Waals surface area contributed by atoms with Gasteiger partial charge in [-0.25, -0.2) is 13.2 Å². The average Bonchev–Trinajstić information content (AvgIpc) is 3.13. The third-order valence-corrected chi connectivity index (χ3v) is 3.79. The lowest BCUT2D eigenvalue weighted by atomic mass is 10.1. The van der Waals surface area contributed by atoms with E-state index in [0.717, 1.165) is 0 Å². The summed E-state index contributed by atoms with van der Waals surface area (Å²) in [4.78, 5) is 0. The van der Waals surface area contributed by atoms with E-state index in [1.165, 1.54) is 0 Å². The van der Waals surface area contributed by atoms with E-state index in [4.69, 9.17) is 14.0 Å². The van der Waals surface area contributed by atoms with Crippen LogP contribution in [0.5, 0.6) is 5.75 Å². The van der Waals surface area contributed by atoms with Gasteiger partial charge in [0.1, 0.15) is 0 Å². The quantitative estimate of drug-likeness (QED) is 0.291. The topological polar surface area (TPSA) is 27.7 Å². The third-order valence-electron chi connectivity index (χ3n) is 3.79. The smallest absolute Gasteiger partial charge is 0.507 e. The molecule has 3 nitrogen and oxygen atoms in total. The van der Waals surface area contributed by atoms with Gasteiger partial charge in [0.2, 0.25) is 29.1 Å². The number of rotatable bonds is 6. The molecule has 2 aliphatic carbocycles. The van der Waals surface area contributed by atoms with Gasteiger partial charge in [-0.1, -0.05) is 72.9 Å². The molecule has 1 aromatic rings. The number of allylic oxidation sites excluding steroid dienone is 8. The van der Waals surface area contributed by atoms with E-state index in [-0.39, 0.29) is 0 Å². The Morgan fingerprint density at radius 2 is 0.862 bits per heavy atom. The van der Waals surface area contributed by atoms with E-state index < -0.39 is 54.4 Å². The van der Waals surface area contributed by atoms with Crippen LogP contribution in [0.1, 0.15) is 0 Å². The molecule has 0 atom stereocenters. The van der Waals surface area contributed by atoms with Gasteiger partial charge >= 0.3 is 7.32 Å². The summed E-state index contributed by atoms with van der Waals surface area (Å²) >= 11 is 0. The summed E-state index contributed by atoms with van der Waals surface area (Å²) in [7, 11) is -1.79. The summed E-state index contributed by atoms with van der Waals surface area (Å²) in [6.07, 6.45) is 18.3. The maximum absolute atomic E-state index is 14.0. The molecule has 0 unspecified atom stereocenters. The van der Waals surface area contributed by atoms with Gasteiger partial charge in [0.15, 0.2) is 5.75 Å². The SMILES string of the molecule is Fc1c(F)c(F)c(OB(OC2C=CC=CC=C2)OC2C=CC=CC=C2)c(F)c1F. The van der Waals surface area contributed by atoms with Gasteiger partial charge < -0.3 is 14.0 Å². The lowest BCUT2D eigenvalue weighted by Crippen LogP contribution is -2.37. The van der Waals surface area contributed by atoms with Gasteiger partial charge in [-0.2, -0.15) is 8.78 Å². The van der Waals surface area contributed by atoms with Crippen molar-refractivity contribution in [3.05, 3.63) is 102 Å². The molecule has 150 valence electrons. The molecule has 0 aliphatic heterocycles. The highest BCUT2D eigenvalue weighted by Crippen LogP contribution is 2.30. The van der Waals surface area contributed by atoms with E-state index in [2.05, 4.69) is 0 Å². The van der Waals surface area contributed by atoms with E-state index in [0.29, 0.717) is 0 Å². The van der Waals surface area contributed by atoms with Crippen LogP contribution in [0, 0.1) is 29.1 Å². The average molecular weight is 408 g/mol. The highest BCUT2D eigenvalue weighted by atomic mass is 19.2. The lowest BCUT2D eigenvalue weighted by Gasteiger charge is -2.21. The molecule has 0 saturated carbocycles. The summed E-state index contributed by atoms with van der Waals surface area (Å²) in [5.74, 6) is -12.3. The Balaban J connectivity index is 1.88. The Morgan fingerprint density at radius 3 is 1.24 bits per heavy atom. The number of halogens is 5. The van der Waals surface area contributed by atoms with Crippen LogP contribution in [-0.4, -0.2) is 19.5 Å². The number of benzene rings is 1. The van der Waals surface area contributed by atoms with Crippen LogP contribution >= 0.6 is 0 Å². The van der Waals surface area contributed by atoms with Gasteiger partial charge in [-0.15, -0.1) is 0 Å². The first-order valence-electron chi connectivity index (χ1n) is 8.49. The second-order valence-corrected chi connectivity index (χ2v) is 5.82. The predicted octanol–water partition coefficient (Wildman–Crippen LogP) is 4.88. The Labute approximate surface area is 163 Å². The minimum absolute atomic E-state index is 0.742. The van der Waals surface area contributed by atoms with E-state index in [9.17, 15) is 22.0 Å². The van der Waals surface area contributed by atoms with Crippen molar-refractivity contribution in [3.8, 4) is 5.75 Å². The molecule has 0 fully saturated rings. The van der Waals surface area contributed by atoms with Crippen molar-refractivity contribution < 1.29 is 35.9 Å². The highest BCUT2D eigenvalue weighted by molar-refractivity contribution is 6.37. The van der Waals surface area contributed by atoms with Crippen molar-refractivity contribution in [2.24, 2.45) is 0 Å². The fraction of sp³-hybridized carbons (Fsp3) is 0.100. The fourth-order valence-electron chi connectivity index (χ4n) is 2.39. The summed E-state index contributed by atoms with van der Waals surface area (Å²) in [6, 6.07) is 0. The monoisotopic (exact) mass is 408 g/mol. The van der Waals surface area contributed by atoms with Gasteiger partial charge in [-0.05, 0) is 0 Å². The maximum Gasteiger partial charge on any atom is 0.714 e. The molecule has 29 heavy (non-hydrogen) atoms. The van der Waals surface area contributed by atoms with Crippen LogP contribution in [-0.2, 0) is 9.31 Å². The van der Waals surface area contributed by atoms with Gasteiger partial charge in [0, 0.05) is 0 Å². The molecule has 0 radical (unpaired) electrons. The first kappa shape index (κ1) is 20.8. The van der Waals surface area contributed by atoms with Gasteiger partial charge in [0.25, 0.3) is 0 Å². The zero-order valence-electron chi connectivity index (χ0n) is 14.8. The van der Waals surface area contributed by atoms with Crippen molar-refractivity contribution in [2.45, 2.75) is 12.2 Å². The summed E-state index contributed by atoms with van der Waals surface area (Å²) in [5.41, 5.74) is 0. The van der Waals surface area contributed by atoms with Crippen molar-refractivity contribution in [2.75, 3.05) is 0 Å². The number of hydrogen-bond acceptors (Lipinski definition) is 3. The molecule has 0 spiro atoms. The Kier molecular flexibility index (Phi) is 6.84. The first-order valence-corrected chi connectivity index (χ1v) is 8.49. The molecule has 0 saturated heterocycles. The normalized spacial score (nSPS) is 16.3. The van der Waals surface area contributed by atoms with Crippen LogP contribution in [0.2, 0.25) is 0 Å². The van der Waals surface area contributed by atoms with Crippen LogP contribution in [0.3, 0.4) is 0 Å². The first-order chi connectivity index (χ1) is 14.0. The molecule has 0 bridgehead atoms. The lowest BCUT2D eigenvalue weighted by molar-refractivity contribution is 0.117. The van der Waals surface area contributed by atoms with Crippen molar-refractivity contribution in [1.82, 2.24) is 0 Å². The third kappa shape index (κ3) is 5.13. The van der Waals surface area contributed by atoms with Crippen molar-refractivity contribution >= 4 is 7.32 Å². The summed E-state index contributed by atoms with van der Waals surface area (Å²) < 4.78 is 84.3. The van der Waals surface area contributed by atoms with Crippen molar-refractivity contribution in [3.63, 3.8) is 0 Å². The molecular weight excluding hydrogens is 394 g/mol. The summed E-state index contributed by atoms with van der Waals surface area (Å²) in [5, 5.41) is 0. The molecule has 9 heteroatoms. The molecular formula is C20H14BF5O3. The van der Waals surface area contributed by atoms with Crippen LogP contribution in [0.25, 0.3) is 0 Å². The Hall–Kier alpha value is -2.91. The fourth-order valence-corrected chi connectivity index (χ4v) is 2.39. The van der Waals surface area contributed by atoms with Crippen LogP contribution < -0.4 is 4.65 Å². The summed E-state index contributed by atoms with van der Waals surface area (Å²) in [6.45, 7) is 0. The molecule has 0 N–H and O–H groups in total. The van der Waals surface area contributed by atoms with E-state index in [1.54, 1.807) is 72.9 Å². The van der Waals surface area contributed by atoms with E-state index >= 15 is 0 Å². The highest BCUT2D eigenvalue weighted by Gasteiger charge is 2.35. The van der Waals surface area contributed by atoms with E-state index in [1.807, 2.05) is 0 Å². The Bertz CT molecular complexity index is 836. The van der Waals surface area contributed by atoms with Gasteiger partial charge in [0.05, 0.1) is 12.2 Å². The van der Waals surface area contributed by atoms with Crippen molar-refractivity contribution in [1.29, 1.82) is 0 Å². The largest absolute Gasteiger partial charge is 0.714 e. The molecule has 2 aliphatic rings. The molecule has 1 aromatic carbocycles. The molecule has 0 heterocycles. The van der Waals surface area contributed by atoms with Crippen LogP contribution in [0.4, 0.5) is 22.0 Å². The van der Waals surface area contributed by atoms with Crippen LogP contribution in [0.15, 0.2) is 72.9 Å². The zero-order chi connectivity index (χ0) is 20.8. The maximum atomic E-state index is 14.0. The molecule has 0 aromatic heterocycles. The second-order valence-electron chi connectivity index (χ2n) is 5.82. The Morgan fingerprint density at radius 1 is 0.517 bits per heavy atom. The molecule has 0 amide bonds. The standard InChI is InChI=1S/C20H14BF5O3/c22-15-16(23)18(25)20(19(26)17(15)24)29-21(27-13-9-5-1-2-6-10-13)28-14-11-7-3-4-8-12-14/h1-14H. The molecule has 3 rings (SSSR count).